The third-order valence-corrected chi connectivity index (χ3v) is 8.48. The Morgan fingerprint density at radius 2 is 1.59 bits per heavy atom. The second-order valence-electron chi connectivity index (χ2n) is 10.2. The second-order valence-corrected chi connectivity index (χ2v) is 10.2. The van der Waals surface area contributed by atoms with Gasteiger partial charge in [-0.1, -0.05) is 79.9 Å². The van der Waals surface area contributed by atoms with Crippen LogP contribution in [0, 0.1) is 23.7 Å². The molecule has 2 saturated carbocycles. The summed E-state index contributed by atoms with van der Waals surface area (Å²) in [7, 11) is 0. The number of amides is 1. The summed E-state index contributed by atoms with van der Waals surface area (Å²) in [5, 5.41) is 14.9. The highest BCUT2D eigenvalue weighted by Crippen LogP contribution is 2.53. The van der Waals surface area contributed by atoms with E-state index in [1.807, 2.05) is 30.3 Å². The molecule has 4 nitrogen and oxygen atoms in total. The number of carbonyl (C=O) groups is 1. The van der Waals surface area contributed by atoms with Gasteiger partial charge in [0.2, 0.25) is 0 Å². The molecule has 1 amide bonds. The average Bonchev–Trinajstić information content (AvgIpc) is 3.31. The Labute approximate surface area is 192 Å². The number of hydrogen-bond acceptors (Lipinski definition) is 3. The quantitative estimate of drug-likeness (QED) is 0.677. The number of piperidine rings is 1. The SMILES string of the molecule is CC(c1ccccc1)N1CC2C(CNC(=O)C(O)(c3ccccc3)C3CCCCC3)C2C1. The lowest BCUT2D eigenvalue weighted by Crippen LogP contribution is -2.50. The van der Waals surface area contributed by atoms with Crippen LogP contribution in [-0.2, 0) is 10.4 Å². The summed E-state index contributed by atoms with van der Waals surface area (Å²) in [5.74, 6) is 1.68. The molecule has 0 aromatic heterocycles. The summed E-state index contributed by atoms with van der Waals surface area (Å²) >= 11 is 0. The monoisotopic (exact) mass is 432 g/mol. The minimum Gasteiger partial charge on any atom is -0.375 e. The van der Waals surface area contributed by atoms with Gasteiger partial charge in [0, 0.05) is 31.6 Å². The largest absolute Gasteiger partial charge is 0.375 e. The Morgan fingerprint density at radius 3 is 2.22 bits per heavy atom. The third kappa shape index (κ3) is 3.99. The Morgan fingerprint density at radius 1 is 1.00 bits per heavy atom. The molecule has 170 valence electrons. The smallest absolute Gasteiger partial charge is 0.256 e. The van der Waals surface area contributed by atoms with Crippen molar-refractivity contribution in [1.82, 2.24) is 10.2 Å². The maximum absolute atomic E-state index is 13.4. The average molecular weight is 433 g/mol. The van der Waals surface area contributed by atoms with Crippen molar-refractivity contribution < 1.29 is 9.90 Å². The number of aliphatic hydroxyl groups is 1. The fourth-order valence-electron chi connectivity index (χ4n) is 6.35. The van der Waals surface area contributed by atoms with Crippen LogP contribution < -0.4 is 5.32 Å². The first-order chi connectivity index (χ1) is 15.6. The Kier molecular flexibility index (Phi) is 6.09. The molecule has 2 N–H and O–H groups in total. The third-order valence-electron chi connectivity index (χ3n) is 8.48. The Bertz CT molecular complexity index is 900. The second kappa shape index (κ2) is 8.99. The van der Waals surface area contributed by atoms with Crippen molar-refractivity contribution in [2.24, 2.45) is 23.7 Å². The van der Waals surface area contributed by atoms with Gasteiger partial charge < -0.3 is 10.4 Å². The summed E-state index contributed by atoms with van der Waals surface area (Å²) in [6.45, 7) is 5.18. The summed E-state index contributed by atoms with van der Waals surface area (Å²) in [6, 6.07) is 20.7. The summed E-state index contributed by atoms with van der Waals surface area (Å²) in [4.78, 5) is 16.0. The van der Waals surface area contributed by atoms with E-state index < -0.39 is 5.60 Å². The zero-order valence-electron chi connectivity index (χ0n) is 19.1. The molecule has 2 aromatic rings. The number of nitrogens with zero attached hydrogens (tertiary/aromatic N) is 1. The summed E-state index contributed by atoms with van der Waals surface area (Å²) in [5.41, 5.74) is 0.696. The molecule has 0 spiro atoms. The lowest BCUT2D eigenvalue weighted by Gasteiger charge is -2.37. The van der Waals surface area contributed by atoms with E-state index in [9.17, 15) is 9.90 Å². The van der Waals surface area contributed by atoms with Gasteiger partial charge in [0.15, 0.2) is 5.60 Å². The first kappa shape index (κ1) is 21.7. The van der Waals surface area contributed by atoms with E-state index in [2.05, 4.69) is 47.5 Å². The molecule has 2 aliphatic carbocycles. The summed E-state index contributed by atoms with van der Waals surface area (Å²) < 4.78 is 0. The molecule has 1 heterocycles. The molecule has 1 saturated heterocycles. The highest BCUT2D eigenvalue weighted by atomic mass is 16.3. The molecule has 4 atom stereocenters. The molecule has 5 rings (SSSR count). The van der Waals surface area contributed by atoms with Gasteiger partial charge in [-0.05, 0) is 48.6 Å². The summed E-state index contributed by atoms with van der Waals surface area (Å²) in [6.07, 6.45) is 5.22. The standard InChI is InChI=1S/C28H36N2O2/c1-20(21-11-5-2-6-12-21)30-18-25-24(26(25)19-30)17-29-27(31)28(32,22-13-7-3-8-14-22)23-15-9-4-10-16-23/h2-3,5-8,11-14,20,23-26,32H,4,9-10,15-19H2,1H3,(H,29,31). The van der Waals surface area contributed by atoms with Crippen molar-refractivity contribution in [2.75, 3.05) is 19.6 Å². The first-order valence-electron chi connectivity index (χ1n) is 12.4. The fourth-order valence-corrected chi connectivity index (χ4v) is 6.35. The molecule has 4 unspecified atom stereocenters. The number of likely N-dealkylation sites (tertiary alicyclic amines) is 1. The maximum Gasteiger partial charge on any atom is 0.256 e. The van der Waals surface area contributed by atoms with Gasteiger partial charge in [0.05, 0.1) is 0 Å². The Hall–Kier alpha value is -2.17. The minimum atomic E-state index is -1.42. The van der Waals surface area contributed by atoms with Gasteiger partial charge in [0.25, 0.3) is 5.91 Å². The van der Waals surface area contributed by atoms with E-state index in [-0.39, 0.29) is 11.8 Å². The Balaban J connectivity index is 1.19. The number of carbonyl (C=O) groups excluding carboxylic acids is 1. The van der Waals surface area contributed by atoms with Crippen LogP contribution in [0.15, 0.2) is 60.7 Å². The molecule has 3 fully saturated rings. The van der Waals surface area contributed by atoms with Crippen molar-refractivity contribution in [3.8, 4) is 0 Å². The number of hydrogen-bond donors (Lipinski definition) is 2. The zero-order chi connectivity index (χ0) is 22.1. The molecular weight excluding hydrogens is 396 g/mol. The van der Waals surface area contributed by atoms with Gasteiger partial charge in [0.1, 0.15) is 0 Å². The van der Waals surface area contributed by atoms with Crippen LogP contribution in [0.4, 0.5) is 0 Å². The normalized spacial score (nSPS) is 28.5. The zero-order valence-corrected chi connectivity index (χ0v) is 19.1. The topological polar surface area (TPSA) is 52.6 Å². The van der Waals surface area contributed by atoms with Crippen molar-refractivity contribution in [2.45, 2.75) is 50.7 Å². The van der Waals surface area contributed by atoms with Gasteiger partial charge in [-0.25, -0.2) is 0 Å². The van der Waals surface area contributed by atoms with Crippen LogP contribution in [0.3, 0.4) is 0 Å². The van der Waals surface area contributed by atoms with Gasteiger partial charge in [-0.15, -0.1) is 0 Å². The van der Waals surface area contributed by atoms with Gasteiger partial charge >= 0.3 is 0 Å². The van der Waals surface area contributed by atoms with Crippen LogP contribution in [0.1, 0.15) is 56.2 Å². The fraction of sp³-hybridized carbons (Fsp3) is 0.536. The minimum absolute atomic E-state index is 0.000402. The molecular formula is C28H36N2O2. The number of benzene rings is 2. The lowest BCUT2D eigenvalue weighted by atomic mass is 9.73. The highest BCUT2D eigenvalue weighted by Gasteiger charge is 2.56. The predicted molar refractivity (Wildman–Crippen MR) is 127 cm³/mol. The van der Waals surface area contributed by atoms with Gasteiger partial charge in [-0.2, -0.15) is 0 Å². The number of nitrogens with one attached hydrogen (secondary N) is 1. The highest BCUT2D eigenvalue weighted by molar-refractivity contribution is 5.86. The van der Waals surface area contributed by atoms with Crippen molar-refractivity contribution >= 4 is 5.91 Å². The first-order valence-corrected chi connectivity index (χ1v) is 12.4. The molecule has 2 aromatic carbocycles. The molecule has 0 radical (unpaired) electrons. The van der Waals surface area contributed by atoms with Crippen LogP contribution in [-0.4, -0.2) is 35.5 Å². The van der Waals surface area contributed by atoms with E-state index in [1.165, 1.54) is 12.0 Å². The van der Waals surface area contributed by atoms with Crippen LogP contribution in [0.5, 0.6) is 0 Å². The van der Waals surface area contributed by atoms with Crippen LogP contribution in [0.2, 0.25) is 0 Å². The predicted octanol–water partition coefficient (Wildman–Crippen LogP) is 4.51. The maximum atomic E-state index is 13.4. The van der Waals surface area contributed by atoms with E-state index in [1.54, 1.807) is 0 Å². The molecule has 32 heavy (non-hydrogen) atoms. The van der Waals surface area contributed by atoms with Crippen LogP contribution in [0.25, 0.3) is 0 Å². The molecule has 1 aliphatic heterocycles. The van der Waals surface area contributed by atoms with Gasteiger partial charge in [-0.3, -0.25) is 9.69 Å². The van der Waals surface area contributed by atoms with E-state index >= 15 is 0 Å². The van der Waals surface area contributed by atoms with E-state index in [4.69, 9.17) is 0 Å². The van der Waals surface area contributed by atoms with Crippen molar-refractivity contribution in [3.05, 3.63) is 71.8 Å². The lowest BCUT2D eigenvalue weighted by molar-refractivity contribution is -0.149. The number of rotatable bonds is 7. The van der Waals surface area contributed by atoms with Crippen LogP contribution >= 0.6 is 0 Å². The van der Waals surface area contributed by atoms with E-state index in [0.29, 0.717) is 30.3 Å². The van der Waals surface area contributed by atoms with E-state index in [0.717, 1.165) is 44.3 Å². The molecule has 4 heteroatoms. The molecule has 0 bridgehead atoms. The van der Waals surface area contributed by atoms with Crippen molar-refractivity contribution in [3.63, 3.8) is 0 Å². The molecule has 3 aliphatic rings. The number of fused-ring (bicyclic) bond motifs is 1. The van der Waals surface area contributed by atoms with Crippen molar-refractivity contribution in [1.29, 1.82) is 0 Å².